The first-order chi connectivity index (χ1) is 14.4. The smallest absolute Gasteiger partial charge is 0.417 e. The van der Waals surface area contributed by atoms with Crippen LogP contribution in [0.1, 0.15) is 5.56 Å². The third-order valence-electron chi connectivity index (χ3n) is 4.71. The van der Waals surface area contributed by atoms with Gasteiger partial charge in [0.25, 0.3) is 0 Å². The Kier molecular flexibility index (Phi) is 9.01. The fourth-order valence-electron chi connectivity index (χ4n) is 3.17. The van der Waals surface area contributed by atoms with E-state index >= 15 is 0 Å². The van der Waals surface area contributed by atoms with Crippen LogP contribution in [0.5, 0.6) is 11.6 Å². The molecule has 0 radical (unpaired) electrons. The van der Waals surface area contributed by atoms with Crippen LogP contribution in [0.15, 0.2) is 47.6 Å². The van der Waals surface area contributed by atoms with Crippen molar-refractivity contribution < 1.29 is 23.0 Å². The number of aromatic hydroxyl groups is 1. The Morgan fingerprint density at radius 2 is 1.87 bits per heavy atom. The lowest BCUT2D eigenvalue weighted by Gasteiger charge is -2.37. The second-order valence-electron chi connectivity index (χ2n) is 6.67. The number of ether oxygens (including phenoxy) is 1. The molecule has 3 rings (SSSR count). The molecule has 7 nitrogen and oxygen atoms in total. The molecule has 2 N–H and O–H groups in total. The summed E-state index contributed by atoms with van der Waals surface area (Å²) in [7, 11) is 1.69. The topological polar surface area (TPSA) is 73.2 Å². The van der Waals surface area contributed by atoms with Gasteiger partial charge in [0.2, 0.25) is 5.88 Å². The summed E-state index contributed by atoms with van der Waals surface area (Å²) in [5.74, 6) is 1.12. The fourth-order valence-corrected chi connectivity index (χ4v) is 3.17. The number of halogens is 4. The van der Waals surface area contributed by atoms with E-state index in [0.717, 1.165) is 50.1 Å². The third-order valence-corrected chi connectivity index (χ3v) is 4.71. The zero-order chi connectivity index (χ0) is 21.6. The van der Waals surface area contributed by atoms with Gasteiger partial charge in [-0.1, -0.05) is 12.1 Å². The number of phenols is 1. The summed E-state index contributed by atoms with van der Waals surface area (Å²) in [6.07, 6.45) is -3.66. The van der Waals surface area contributed by atoms with E-state index in [1.807, 2.05) is 12.1 Å². The Morgan fingerprint density at radius 3 is 2.45 bits per heavy atom. The number of aromatic nitrogens is 1. The average Bonchev–Trinajstić information content (AvgIpc) is 2.74. The summed E-state index contributed by atoms with van der Waals surface area (Å²) in [4.78, 5) is 12.2. The van der Waals surface area contributed by atoms with Gasteiger partial charge in [-0.3, -0.25) is 4.99 Å². The van der Waals surface area contributed by atoms with Gasteiger partial charge >= 0.3 is 6.18 Å². The lowest BCUT2D eigenvalue weighted by molar-refractivity contribution is -0.137. The normalized spacial score (nSPS) is 14.8. The first-order valence-electron chi connectivity index (χ1n) is 9.53. The Morgan fingerprint density at radius 1 is 1.16 bits per heavy atom. The summed E-state index contributed by atoms with van der Waals surface area (Å²) in [6.45, 7) is 3.60. The zero-order valence-corrected chi connectivity index (χ0v) is 19.3. The molecule has 0 aliphatic carbocycles. The highest BCUT2D eigenvalue weighted by Crippen LogP contribution is 2.29. The molecule has 0 amide bonds. The molecule has 0 bridgehead atoms. The van der Waals surface area contributed by atoms with E-state index in [2.05, 4.69) is 25.1 Å². The Labute approximate surface area is 195 Å². The van der Waals surface area contributed by atoms with Crippen molar-refractivity contribution in [2.75, 3.05) is 51.3 Å². The SMILES string of the molecule is CN=C(NCCOc1ccc(C(F)(F)F)cn1)N1CCN(c2ccccc2O)CC1.I. The van der Waals surface area contributed by atoms with E-state index < -0.39 is 11.7 Å². The molecule has 0 atom stereocenters. The van der Waals surface area contributed by atoms with E-state index in [1.54, 1.807) is 19.2 Å². The fraction of sp³-hybridized carbons (Fsp3) is 0.400. The number of phenolic OH excluding ortho intramolecular Hbond substituents is 1. The molecule has 2 aromatic rings. The summed E-state index contributed by atoms with van der Waals surface area (Å²) in [5.41, 5.74) is 0.00822. The van der Waals surface area contributed by atoms with Crippen LogP contribution < -0.4 is 15.0 Å². The molecule has 1 fully saturated rings. The molecule has 31 heavy (non-hydrogen) atoms. The van der Waals surface area contributed by atoms with Gasteiger partial charge < -0.3 is 25.0 Å². The predicted octanol–water partition coefficient (Wildman–Crippen LogP) is 3.20. The van der Waals surface area contributed by atoms with Crippen LogP contribution in [-0.4, -0.2) is 67.3 Å². The largest absolute Gasteiger partial charge is 0.506 e. The number of nitrogens with zero attached hydrogens (tertiary/aromatic N) is 4. The molecule has 11 heteroatoms. The summed E-state index contributed by atoms with van der Waals surface area (Å²) >= 11 is 0. The van der Waals surface area contributed by atoms with Gasteiger partial charge in [0, 0.05) is 45.5 Å². The molecule has 1 saturated heterocycles. The van der Waals surface area contributed by atoms with E-state index in [0.29, 0.717) is 6.54 Å². The van der Waals surface area contributed by atoms with Crippen LogP contribution in [0.3, 0.4) is 0 Å². The molecule has 0 unspecified atom stereocenters. The minimum atomic E-state index is -4.41. The molecule has 2 heterocycles. The quantitative estimate of drug-likeness (QED) is 0.258. The second-order valence-corrected chi connectivity index (χ2v) is 6.67. The molecule has 170 valence electrons. The molecule has 1 aromatic carbocycles. The van der Waals surface area contributed by atoms with E-state index in [4.69, 9.17) is 4.74 Å². The zero-order valence-electron chi connectivity index (χ0n) is 17.0. The predicted molar refractivity (Wildman–Crippen MR) is 123 cm³/mol. The number of para-hydroxylation sites is 2. The summed E-state index contributed by atoms with van der Waals surface area (Å²) in [6, 6.07) is 9.41. The van der Waals surface area contributed by atoms with Gasteiger partial charge in [-0.05, 0) is 18.2 Å². The van der Waals surface area contributed by atoms with Gasteiger partial charge in [-0.25, -0.2) is 4.98 Å². The second kappa shape index (κ2) is 11.3. The van der Waals surface area contributed by atoms with Crippen LogP contribution in [-0.2, 0) is 6.18 Å². The van der Waals surface area contributed by atoms with Gasteiger partial charge in [0.05, 0.1) is 17.8 Å². The van der Waals surface area contributed by atoms with Gasteiger partial charge in [0.1, 0.15) is 12.4 Å². The van der Waals surface area contributed by atoms with Crippen molar-refractivity contribution in [1.82, 2.24) is 15.2 Å². The maximum atomic E-state index is 12.5. The lowest BCUT2D eigenvalue weighted by atomic mass is 10.2. The average molecular weight is 551 g/mol. The van der Waals surface area contributed by atoms with Crippen LogP contribution in [0.4, 0.5) is 18.9 Å². The Balaban J connectivity index is 0.00000341. The van der Waals surface area contributed by atoms with Crippen LogP contribution in [0, 0.1) is 0 Å². The minimum Gasteiger partial charge on any atom is -0.506 e. The monoisotopic (exact) mass is 551 g/mol. The number of hydrogen-bond donors (Lipinski definition) is 2. The highest BCUT2D eigenvalue weighted by atomic mass is 127. The molecule has 1 aromatic heterocycles. The first-order valence-corrected chi connectivity index (χ1v) is 9.53. The number of anilines is 1. The highest BCUT2D eigenvalue weighted by molar-refractivity contribution is 14.0. The Bertz CT molecular complexity index is 857. The molecular weight excluding hydrogens is 526 g/mol. The molecule has 0 spiro atoms. The number of benzene rings is 1. The van der Waals surface area contributed by atoms with E-state index in [9.17, 15) is 18.3 Å². The standard InChI is InChI=1S/C20H24F3N5O2.HI/c1-24-19(25-8-13-30-18-7-6-15(14-26-18)20(21,22)23)28-11-9-27(10-12-28)16-4-2-3-5-17(16)29;/h2-7,14,29H,8-13H2,1H3,(H,24,25);1H. The minimum absolute atomic E-state index is 0. The number of alkyl halides is 3. The van der Waals surface area contributed by atoms with Crippen LogP contribution >= 0.6 is 24.0 Å². The van der Waals surface area contributed by atoms with Gasteiger partial charge in [-0.2, -0.15) is 13.2 Å². The number of guanidine groups is 1. The van der Waals surface area contributed by atoms with Crippen molar-refractivity contribution in [2.45, 2.75) is 6.18 Å². The van der Waals surface area contributed by atoms with E-state index in [-0.39, 0.29) is 42.2 Å². The van der Waals surface area contributed by atoms with Crippen molar-refractivity contribution in [1.29, 1.82) is 0 Å². The number of nitrogens with one attached hydrogen (secondary N) is 1. The van der Waals surface area contributed by atoms with Crippen molar-refractivity contribution in [3.8, 4) is 11.6 Å². The Hall–Kier alpha value is -2.44. The number of hydrogen-bond acceptors (Lipinski definition) is 5. The first kappa shape index (κ1) is 24.8. The van der Waals surface area contributed by atoms with Gasteiger partial charge in [0.15, 0.2) is 5.96 Å². The van der Waals surface area contributed by atoms with E-state index in [1.165, 1.54) is 6.07 Å². The van der Waals surface area contributed by atoms with Crippen molar-refractivity contribution >= 4 is 35.6 Å². The van der Waals surface area contributed by atoms with Crippen molar-refractivity contribution in [3.05, 3.63) is 48.2 Å². The maximum Gasteiger partial charge on any atom is 0.417 e. The summed E-state index contributed by atoms with van der Waals surface area (Å²) in [5, 5.41) is 13.2. The number of pyridine rings is 1. The molecular formula is C20H25F3IN5O2. The number of rotatable bonds is 5. The molecule has 1 aliphatic heterocycles. The van der Waals surface area contributed by atoms with Crippen molar-refractivity contribution in [3.63, 3.8) is 0 Å². The molecule has 0 saturated carbocycles. The van der Waals surface area contributed by atoms with Crippen LogP contribution in [0.25, 0.3) is 0 Å². The highest BCUT2D eigenvalue weighted by Gasteiger charge is 2.30. The third kappa shape index (κ3) is 6.77. The number of aliphatic imine (C=N–C) groups is 1. The van der Waals surface area contributed by atoms with Gasteiger partial charge in [-0.15, -0.1) is 24.0 Å². The maximum absolute atomic E-state index is 12.5. The lowest BCUT2D eigenvalue weighted by Crippen LogP contribution is -2.53. The molecule has 1 aliphatic rings. The van der Waals surface area contributed by atoms with Crippen molar-refractivity contribution in [2.24, 2.45) is 4.99 Å². The summed E-state index contributed by atoms with van der Waals surface area (Å²) < 4.78 is 43.0. The van der Waals surface area contributed by atoms with Crippen LogP contribution in [0.2, 0.25) is 0 Å². The number of piperazine rings is 1.